The quantitative estimate of drug-likeness (QED) is 0.473. The topological polar surface area (TPSA) is 12.9 Å². The number of halogens is 1. The lowest BCUT2D eigenvalue weighted by atomic mass is 9.46. The van der Waals surface area contributed by atoms with Crippen LogP contribution in [-0.4, -0.2) is 4.98 Å². The van der Waals surface area contributed by atoms with E-state index >= 15 is 0 Å². The Labute approximate surface area is 167 Å². The molecule has 2 saturated carbocycles. The molecule has 1 heterocycles. The van der Waals surface area contributed by atoms with Crippen LogP contribution in [0.4, 0.5) is 4.39 Å². The standard InChI is InChI=1S/C26H30FN/c1-25-12-4-3-7-18(25)9-10-19-20(25)11-13-26(2)21(19)15-17-14-16-6-5-8-22(27)23(16)28-24(17)26/h3-6,8,14,18-21H,7,9-13,15H2,1-2H3/t18?,19?,20?,21?,25-,26-/m0/s1. The third-order valence-electron chi connectivity index (χ3n) is 9.46. The minimum atomic E-state index is -0.178. The Morgan fingerprint density at radius 3 is 2.86 bits per heavy atom. The van der Waals surface area contributed by atoms with Crippen molar-refractivity contribution in [1.29, 1.82) is 0 Å². The largest absolute Gasteiger partial charge is 0.249 e. The van der Waals surface area contributed by atoms with Gasteiger partial charge in [-0.2, -0.15) is 0 Å². The van der Waals surface area contributed by atoms with E-state index in [1.54, 1.807) is 6.07 Å². The molecule has 0 saturated heterocycles. The molecule has 0 aliphatic heterocycles. The molecule has 1 nitrogen and oxygen atoms in total. The van der Waals surface area contributed by atoms with Crippen molar-refractivity contribution in [2.45, 2.75) is 64.2 Å². The molecule has 146 valence electrons. The lowest BCUT2D eigenvalue weighted by Gasteiger charge is -2.59. The Kier molecular flexibility index (Phi) is 3.48. The van der Waals surface area contributed by atoms with Crippen molar-refractivity contribution in [2.24, 2.45) is 29.1 Å². The molecule has 4 unspecified atom stereocenters. The fourth-order valence-corrected chi connectivity index (χ4v) is 7.92. The molecule has 0 radical (unpaired) electrons. The van der Waals surface area contributed by atoms with Crippen molar-refractivity contribution in [3.63, 3.8) is 0 Å². The zero-order chi connectivity index (χ0) is 19.1. The first-order valence-corrected chi connectivity index (χ1v) is 11.2. The number of allylic oxidation sites excluding steroid dienone is 2. The SMILES string of the molecule is C[C@]12CC=CCC1CCC1C2CC[C@]2(C)c3nc4c(F)cccc4cc3CC12. The van der Waals surface area contributed by atoms with Crippen LogP contribution in [0.3, 0.4) is 0 Å². The number of para-hydroxylation sites is 1. The summed E-state index contributed by atoms with van der Waals surface area (Å²) in [5, 5.41) is 0.964. The number of hydrogen-bond acceptors (Lipinski definition) is 1. The van der Waals surface area contributed by atoms with Crippen molar-refractivity contribution in [2.75, 3.05) is 0 Å². The predicted molar refractivity (Wildman–Crippen MR) is 112 cm³/mol. The maximum absolute atomic E-state index is 14.4. The van der Waals surface area contributed by atoms with E-state index in [9.17, 15) is 4.39 Å². The molecule has 6 atom stereocenters. The highest BCUT2D eigenvalue weighted by molar-refractivity contribution is 5.80. The van der Waals surface area contributed by atoms with Crippen LogP contribution in [0.1, 0.15) is 63.6 Å². The van der Waals surface area contributed by atoms with E-state index < -0.39 is 0 Å². The second-order valence-corrected chi connectivity index (χ2v) is 10.5. The average Bonchev–Trinajstić information content (AvgIpc) is 2.98. The van der Waals surface area contributed by atoms with Gasteiger partial charge in [0, 0.05) is 10.8 Å². The van der Waals surface area contributed by atoms with E-state index in [4.69, 9.17) is 4.98 Å². The van der Waals surface area contributed by atoms with Gasteiger partial charge in [0.25, 0.3) is 0 Å². The summed E-state index contributed by atoms with van der Waals surface area (Å²) in [5.74, 6) is 3.02. The summed E-state index contributed by atoms with van der Waals surface area (Å²) in [6, 6.07) is 7.62. The second-order valence-electron chi connectivity index (χ2n) is 10.5. The van der Waals surface area contributed by atoms with Crippen LogP contribution in [0.25, 0.3) is 10.9 Å². The fourth-order valence-electron chi connectivity index (χ4n) is 7.92. The Morgan fingerprint density at radius 2 is 1.96 bits per heavy atom. The zero-order valence-corrected chi connectivity index (χ0v) is 17.0. The summed E-state index contributed by atoms with van der Waals surface area (Å²) in [6.45, 7) is 5.03. The van der Waals surface area contributed by atoms with E-state index in [0.717, 1.165) is 29.6 Å². The van der Waals surface area contributed by atoms with Crippen LogP contribution in [-0.2, 0) is 11.8 Å². The zero-order valence-electron chi connectivity index (χ0n) is 17.0. The number of nitrogens with zero attached hydrogens (tertiary/aromatic N) is 1. The number of hydrogen-bond donors (Lipinski definition) is 0. The van der Waals surface area contributed by atoms with Crippen molar-refractivity contribution >= 4 is 10.9 Å². The Bertz CT molecular complexity index is 993. The number of fused-ring (bicyclic) bond motifs is 8. The van der Waals surface area contributed by atoms with Crippen molar-refractivity contribution < 1.29 is 4.39 Å². The predicted octanol–water partition coefficient (Wildman–Crippen LogP) is 6.60. The smallest absolute Gasteiger partial charge is 0.149 e. The number of aromatic nitrogens is 1. The molecule has 2 heteroatoms. The molecular formula is C26H30FN. The van der Waals surface area contributed by atoms with Gasteiger partial charge in [0.15, 0.2) is 0 Å². The van der Waals surface area contributed by atoms with Crippen LogP contribution in [0.5, 0.6) is 0 Å². The van der Waals surface area contributed by atoms with E-state index in [0.29, 0.717) is 16.8 Å². The lowest BCUT2D eigenvalue weighted by molar-refractivity contribution is -0.0728. The average molecular weight is 376 g/mol. The first-order chi connectivity index (χ1) is 13.5. The first kappa shape index (κ1) is 17.2. The first-order valence-electron chi connectivity index (χ1n) is 11.2. The molecule has 2 aromatic rings. The normalized spacial score (nSPS) is 41.2. The summed E-state index contributed by atoms with van der Waals surface area (Å²) < 4.78 is 14.4. The molecule has 4 aliphatic rings. The summed E-state index contributed by atoms with van der Waals surface area (Å²) in [6.07, 6.45) is 13.9. The van der Waals surface area contributed by atoms with Crippen LogP contribution in [0.15, 0.2) is 36.4 Å². The van der Waals surface area contributed by atoms with Gasteiger partial charge in [-0.15, -0.1) is 0 Å². The Hall–Kier alpha value is -1.70. The molecular weight excluding hydrogens is 345 g/mol. The van der Waals surface area contributed by atoms with E-state index in [1.165, 1.54) is 49.8 Å². The monoisotopic (exact) mass is 375 g/mol. The van der Waals surface area contributed by atoms with Crippen LogP contribution < -0.4 is 0 Å². The van der Waals surface area contributed by atoms with Gasteiger partial charge in [0.1, 0.15) is 11.3 Å². The fraction of sp³-hybridized carbons (Fsp3) is 0.577. The molecule has 1 aromatic carbocycles. The van der Waals surface area contributed by atoms with Crippen molar-refractivity contribution in [3.05, 3.63) is 53.5 Å². The highest BCUT2D eigenvalue weighted by atomic mass is 19.1. The lowest BCUT2D eigenvalue weighted by Crippen LogP contribution is -2.52. The van der Waals surface area contributed by atoms with E-state index in [2.05, 4.69) is 32.1 Å². The third-order valence-corrected chi connectivity index (χ3v) is 9.46. The van der Waals surface area contributed by atoms with Gasteiger partial charge in [0.05, 0.1) is 5.69 Å². The minimum absolute atomic E-state index is 0.126. The minimum Gasteiger partial charge on any atom is -0.249 e. The Morgan fingerprint density at radius 1 is 1.07 bits per heavy atom. The summed E-state index contributed by atoms with van der Waals surface area (Å²) in [7, 11) is 0. The highest BCUT2D eigenvalue weighted by Gasteiger charge is 2.58. The van der Waals surface area contributed by atoms with Gasteiger partial charge in [-0.25, -0.2) is 9.37 Å². The molecule has 1 aromatic heterocycles. The summed E-state index contributed by atoms with van der Waals surface area (Å²) in [5.41, 5.74) is 3.78. The maximum Gasteiger partial charge on any atom is 0.149 e. The number of benzene rings is 1. The number of rotatable bonds is 0. The van der Waals surface area contributed by atoms with E-state index in [1.807, 2.05) is 12.1 Å². The van der Waals surface area contributed by atoms with E-state index in [-0.39, 0.29) is 11.2 Å². The molecule has 0 amide bonds. The van der Waals surface area contributed by atoms with Gasteiger partial charge in [0.2, 0.25) is 0 Å². The molecule has 0 spiro atoms. The molecule has 0 N–H and O–H groups in total. The molecule has 2 fully saturated rings. The van der Waals surface area contributed by atoms with Crippen molar-refractivity contribution in [1.82, 2.24) is 4.98 Å². The molecule has 0 bridgehead atoms. The highest BCUT2D eigenvalue weighted by Crippen LogP contribution is 2.64. The van der Waals surface area contributed by atoms with Crippen LogP contribution in [0.2, 0.25) is 0 Å². The number of pyridine rings is 1. The van der Waals surface area contributed by atoms with Gasteiger partial charge in [-0.05, 0) is 91.7 Å². The van der Waals surface area contributed by atoms with Gasteiger partial charge in [-0.3, -0.25) is 0 Å². The Balaban J connectivity index is 1.43. The summed E-state index contributed by atoms with van der Waals surface area (Å²) >= 11 is 0. The van der Waals surface area contributed by atoms with Gasteiger partial charge >= 0.3 is 0 Å². The van der Waals surface area contributed by atoms with Crippen LogP contribution >= 0.6 is 0 Å². The van der Waals surface area contributed by atoms with Gasteiger partial charge < -0.3 is 0 Å². The molecule has 4 aliphatic carbocycles. The van der Waals surface area contributed by atoms with Gasteiger partial charge in [-0.1, -0.05) is 38.1 Å². The summed E-state index contributed by atoms with van der Waals surface area (Å²) in [4.78, 5) is 4.96. The second kappa shape index (κ2) is 5.68. The van der Waals surface area contributed by atoms with Crippen molar-refractivity contribution in [3.8, 4) is 0 Å². The van der Waals surface area contributed by atoms with Crippen LogP contribution in [0, 0.1) is 34.9 Å². The maximum atomic E-state index is 14.4. The third kappa shape index (κ3) is 2.10. The molecule has 28 heavy (non-hydrogen) atoms. The molecule has 6 rings (SSSR count).